The van der Waals surface area contributed by atoms with Gasteiger partial charge in [0.15, 0.2) is 12.4 Å². The van der Waals surface area contributed by atoms with E-state index in [4.69, 9.17) is 16.3 Å². The fourth-order valence-electron chi connectivity index (χ4n) is 1.84. The van der Waals surface area contributed by atoms with Gasteiger partial charge in [0.2, 0.25) is 0 Å². The number of benzene rings is 2. The summed E-state index contributed by atoms with van der Waals surface area (Å²) in [5, 5.41) is 14.9. The van der Waals surface area contributed by atoms with Crippen molar-refractivity contribution in [1.29, 1.82) is 0 Å². The van der Waals surface area contributed by atoms with Crippen LogP contribution in [-0.2, 0) is 4.79 Å². The van der Waals surface area contributed by atoms with Gasteiger partial charge in [-0.25, -0.2) is 5.43 Å². The number of carbonyl (C=O) groups excluding carboxylic acids is 1. The minimum absolute atomic E-state index is 0.0521. The van der Waals surface area contributed by atoms with Crippen molar-refractivity contribution in [2.45, 2.75) is 0 Å². The van der Waals surface area contributed by atoms with Gasteiger partial charge in [0, 0.05) is 15.6 Å². The van der Waals surface area contributed by atoms with E-state index in [2.05, 4.69) is 26.5 Å². The van der Waals surface area contributed by atoms with Gasteiger partial charge in [0.1, 0.15) is 0 Å². The van der Waals surface area contributed by atoms with Crippen LogP contribution in [0.5, 0.6) is 5.75 Å². The topological polar surface area (TPSA) is 93.8 Å². The quantitative estimate of drug-likeness (QED) is 0.399. The molecule has 0 heterocycles. The first-order chi connectivity index (χ1) is 12.5. The van der Waals surface area contributed by atoms with Gasteiger partial charge in [-0.1, -0.05) is 41.9 Å². The molecule has 7 nitrogen and oxygen atoms in total. The number of carbonyl (C=O) groups is 1. The molecule has 0 aliphatic rings. The van der Waals surface area contributed by atoms with Gasteiger partial charge in [-0.3, -0.25) is 14.9 Å². The molecule has 0 aromatic heterocycles. The number of allylic oxidation sites excluding steroid dienone is 1. The summed E-state index contributed by atoms with van der Waals surface area (Å²) in [6, 6.07) is 13.5. The van der Waals surface area contributed by atoms with Crippen LogP contribution in [0.1, 0.15) is 5.56 Å². The Bertz CT molecular complexity index is 856. The Balaban J connectivity index is 1.88. The lowest BCUT2D eigenvalue weighted by Crippen LogP contribution is -2.24. The predicted octanol–water partition coefficient (Wildman–Crippen LogP) is 4.17. The number of halogens is 2. The number of nitrogens with zero attached hydrogens (tertiary/aromatic N) is 2. The van der Waals surface area contributed by atoms with Gasteiger partial charge < -0.3 is 4.74 Å². The molecule has 2 rings (SSSR count). The molecule has 0 fully saturated rings. The van der Waals surface area contributed by atoms with E-state index in [1.54, 1.807) is 0 Å². The molecule has 134 valence electrons. The number of amides is 1. The van der Waals surface area contributed by atoms with Gasteiger partial charge in [0.05, 0.1) is 11.1 Å². The van der Waals surface area contributed by atoms with Crippen LogP contribution in [-0.4, -0.2) is 23.7 Å². The van der Waals surface area contributed by atoms with Crippen molar-refractivity contribution in [2.75, 3.05) is 6.61 Å². The highest BCUT2D eigenvalue weighted by atomic mass is 79.9. The van der Waals surface area contributed by atoms with Gasteiger partial charge in [-0.2, -0.15) is 5.10 Å². The number of hydrogen-bond acceptors (Lipinski definition) is 5. The van der Waals surface area contributed by atoms with Crippen molar-refractivity contribution in [2.24, 2.45) is 5.10 Å². The fraction of sp³-hybridized carbons (Fsp3) is 0.0588. The molecule has 0 spiro atoms. The number of nitro benzene ring substituents is 1. The molecule has 9 heteroatoms. The van der Waals surface area contributed by atoms with Crippen LogP contribution in [0.15, 0.2) is 58.1 Å². The number of rotatable bonds is 7. The Morgan fingerprint density at radius 1 is 1.31 bits per heavy atom. The number of hydrazone groups is 1. The van der Waals surface area contributed by atoms with E-state index in [9.17, 15) is 14.9 Å². The molecule has 2 aromatic rings. The first-order valence-corrected chi connectivity index (χ1v) is 8.43. The monoisotopic (exact) mass is 437 g/mol. The molecule has 0 aliphatic heterocycles. The molecule has 0 saturated carbocycles. The summed E-state index contributed by atoms with van der Waals surface area (Å²) in [4.78, 5) is 22.0. The van der Waals surface area contributed by atoms with Gasteiger partial charge in [-0.15, -0.1) is 0 Å². The number of nitro groups is 1. The van der Waals surface area contributed by atoms with Crippen LogP contribution in [0.3, 0.4) is 0 Å². The molecule has 1 amide bonds. The molecule has 0 atom stereocenters. The van der Waals surface area contributed by atoms with Crippen molar-refractivity contribution in [3.63, 3.8) is 0 Å². The second-order valence-corrected chi connectivity index (χ2v) is 6.24. The Morgan fingerprint density at radius 3 is 2.73 bits per heavy atom. The number of nitrogens with one attached hydrogen (secondary N) is 1. The van der Waals surface area contributed by atoms with Crippen molar-refractivity contribution >= 4 is 51.4 Å². The van der Waals surface area contributed by atoms with E-state index in [1.165, 1.54) is 18.3 Å². The Morgan fingerprint density at radius 2 is 2.04 bits per heavy atom. The van der Waals surface area contributed by atoms with E-state index >= 15 is 0 Å². The predicted molar refractivity (Wildman–Crippen MR) is 104 cm³/mol. The molecule has 0 unspecified atom stereocenters. The molecular formula is C17H13BrClN3O4. The first-order valence-electron chi connectivity index (χ1n) is 7.26. The second-order valence-electron chi connectivity index (χ2n) is 4.89. The van der Waals surface area contributed by atoms with Crippen LogP contribution < -0.4 is 10.2 Å². The van der Waals surface area contributed by atoms with Gasteiger partial charge >= 0.3 is 5.69 Å². The number of ether oxygens (including phenoxy) is 1. The molecule has 26 heavy (non-hydrogen) atoms. The lowest BCUT2D eigenvalue weighted by atomic mass is 10.2. The summed E-state index contributed by atoms with van der Waals surface area (Å²) in [6.07, 6.45) is 3.23. The number of hydrogen-bond donors (Lipinski definition) is 1. The fourth-order valence-corrected chi connectivity index (χ4v) is 2.38. The van der Waals surface area contributed by atoms with Crippen molar-refractivity contribution in [1.82, 2.24) is 5.43 Å². The SMILES string of the molecule is O=C(COc1ccc(Cl)cc1[N+](=O)[O-])N/N=C/C(Br)=C/c1ccccc1. The van der Waals surface area contributed by atoms with E-state index in [1.807, 2.05) is 36.4 Å². The smallest absolute Gasteiger partial charge is 0.312 e. The highest BCUT2D eigenvalue weighted by Crippen LogP contribution is 2.29. The standard InChI is InChI=1S/C17H13BrClN3O4/c18-13(8-12-4-2-1-3-5-12)10-20-21-17(23)11-26-16-7-6-14(19)9-15(16)22(24)25/h1-10H,11H2,(H,21,23)/b13-8-,20-10+. The van der Waals surface area contributed by atoms with E-state index in [0.29, 0.717) is 4.48 Å². The van der Waals surface area contributed by atoms with Crippen molar-refractivity contribution < 1.29 is 14.5 Å². The summed E-state index contributed by atoms with van der Waals surface area (Å²) in [5.41, 5.74) is 2.92. The summed E-state index contributed by atoms with van der Waals surface area (Å²) >= 11 is 9.03. The maximum absolute atomic E-state index is 11.7. The average Bonchev–Trinajstić information content (AvgIpc) is 2.61. The second kappa shape index (κ2) is 9.69. The van der Waals surface area contributed by atoms with E-state index in [0.717, 1.165) is 11.6 Å². The molecule has 0 saturated heterocycles. The third-order valence-corrected chi connectivity index (χ3v) is 3.63. The van der Waals surface area contributed by atoms with Crippen LogP contribution >= 0.6 is 27.5 Å². The third-order valence-electron chi connectivity index (χ3n) is 2.96. The van der Waals surface area contributed by atoms with Crippen molar-refractivity contribution in [3.8, 4) is 5.75 Å². The van der Waals surface area contributed by atoms with Crippen LogP contribution in [0, 0.1) is 10.1 Å². The first kappa shape index (κ1) is 19.6. The lowest BCUT2D eigenvalue weighted by Gasteiger charge is -2.05. The zero-order chi connectivity index (χ0) is 18.9. The average molecular weight is 439 g/mol. The Labute approximate surface area is 162 Å². The molecule has 1 N–H and O–H groups in total. The molecule has 0 aliphatic carbocycles. The minimum atomic E-state index is -0.636. The van der Waals surface area contributed by atoms with E-state index < -0.39 is 17.4 Å². The molecule has 2 aromatic carbocycles. The van der Waals surface area contributed by atoms with Gasteiger partial charge in [0.25, 0.3) is 5.91 Å². The maximum atomic E-state index is 11.7. The third kappa shape index (κ3) is 6.30. The van der Waals surface area contributed by atoms with Crippen molar-refractivity contribution in [3.05, 3.63) is 73.7 Å². The Kier molecular flexibility index (Phi) is 7.31. The lowest BCUT2D eigenvalue weighted by molar-refractivity contribution is -0.385. The van der Waals surface area contributed by atoms with Crippen LogP contribution in [0.4, 0.5) is 5.69 Å². The van der Waals surface area contributed by atoms with Crippen LogP contribution in [0.2, 0.25) is 5.02 Å². The highest BCUT2D eigenvalue weighted by Gasteiger charge is 2.16. The molecule has 0 bridgehead atoms. The summed E-state index contributed by atoms with van der Waals surface area (Å²) < 4.78 is 5.81. The normalized spacial score (nSPS) is 11.4. The minimum Gasteiger partial charge on any atom is -0.477 e. The van der Waals surface area contributed by atoms with Crippen LogP contribution in [0.25, 0.3) is 6.08 Å². The maximum Gasteiger partial charge on any atom is 0.312 e. The Hall–Kier alpha value is -2.71. The molecular weight excluding hydrogens is 426 g/mol. The van der Waals surface area contributed by atoms with Gasteiger partial charge in [-0.05, 0) is 39.7 Å². The summed E-state index contributed by atoms with van der Waals surface area (Å²) in [7, 11) is 0. The summed E-state index contributed by atoms with van der Waals surface area (Å²) in [6.45, 7) is -0.431. The summed E-state index contributed by atoms with van der Waals surface area (Å²) in [5.74, 6) is -0.616. The van der Waals surface area contributed by atoms with E-state index in [-0.39, 0.29) is 16.5 Å². The highest BCUT2D eigenvalue weighted by molar-refractivity contribution is 9.12. The zero-order valence-electron chi connectivity index (χ0n) is 13.3. The molecule has 0 radical (unpaired) electrons. The largest absolute Gasteiger partial charge is 0.477 e. The zero-order valence-corrected chi connectivity index (χ0v) is 15.6.